The maximum absolute atomic E-state index is 6.09. The molecule has 2 N–H and O–H groups in total. The number of likely N-dealkylation sites (N-methyl/N-ethyl adjacent to an activating group) is 1. The van der Waals surface area contributed by atoms with Crippen LogP contribution in [0.15, 0.2) is 10.5 Å². The largest absolute Gasteiger partial charge is 0.329 e. The van der Waals surface area contributed by atoms with Crippen molar-refractivity contribution in [3.8, 4) is 0 Å². The lowest BCUT2D eigenvalue weighted by Crippen LogP contribution is -2.31. The summed E-state index contributed by atoms with van der Waals surface area (Å²) in [6.07, 6.45) is 1.36. The van der Waals surface area contributed by atoms with Gasteiger partial charge < -0.3 is 5.73 Å². The van der Waals surface area contributed by atoms with E-state index in [1.165, 1.54) is 11.3 Å². The Kier molecular flexibility index (Phi) is 4.53. The van der Waals surface area contributed by atoms with Crippen molar-refractivity contribution in [2.75, 3.05) is 20.1 Å². The van der Waals surface area contributed by atoms with Gasteiger partial charge in [-0.25, -0.2) is 0 Å². The van der Waals surface area contributed by atoms with Gasteiger partial charge in [0.05, 0.1) is 6.04 Å². The molecule has 1 aliphatic rings. The van der Waals surface area contributed by atoms with Crippen LogP contribution in [0.4, 0.5) is 0 Å². The smallest absolute Gasteiger partial charge is 0.107 e. The highest BCUT2D eigenvalue weighted by Gasteiger charge is 2.34. The van der Waals surface area contributed by atoms with Gasteiger partial charge in [-0.2, -0.15) is 0 Å². The molecule has 1 aliphatic carbocycles. The molecule has 0 bridgehead atoms. The predicted molar refractivity (Wildman–Crippen MR) is 78.7 cm³/mol. The van der Waals surface area contributed by atoms with Crippen molar-refractivity contribution in [1.82, 2.24) is 4.90 Å². The Morgan fingerprint density at radius 2 is 2.35 bits per heavy atom. The minimum absolute atomic E-state index is 0.289. The Morgan fingerprint density at radius 1 is 1.71 bits per heavy atom. The Balaban J connectivity index is 2.04. The minimum Gasteiger partial charge on any atom is -0.329 e. The first-order valence-electron chi connectivity index (χ1n) is 5.88. The third-order valence-corrected chi connectivity index (χ3v) is 6.12. The van der Waals surface area contributed by atoms with Crippen LogP contribution < -0.4 is 5.73 Å². The van der Waals surface area contributed by atoms with E-state index in [9.17, 15) is 0 Å². The van der Waals surface area contributed by atoms with E-state index >= 15 is 0 Å². The van der Waals surface area contributed by atoms with Crippen LogP contribution in [-0.4, -0.2) is 25.0 Å². The Hall–Kier alpha value is 0.390. The molecule has 0 aliphatic heterocycles. The average molecular weight is 338 g/mol. The predicted octanol–water partition coefficient (Wildman–Crippen LogP) is 3.75. The second-order valence-corrected chi connectivity index (χ2v) is 7.47. The maximum Gasteiger partial charge on any atom is 0.107 e. The highest BCUT2D eigenvalue weighted by Crippen LogP contribution is 2.41. The van der Waals surface area contributed by atoms with Crippen molar-refractivity contribution in [2.24, 2.45) is 17.6 Å². The first-order valence-corrected chi connectivity index (χ1v) is 7.86. The summed E-state index contributed by atoms with van der Waals surface area (Å²) in [6, 6.07) is 2.38. The zero-order chi connectivity index (χ0) is 12.6. The lowest BCUT2D eigenvalue weighted by atomic mass is 10.2. The summed E-state index contributed by atoms with van der Waals surface area (Å²) in [6.45, 7) is 4.09. The van der Waals surface area contributed by atoms with Gasteiger partial charge in [-0.1, -0.05) is 18.5 Å². The van der Waals surface area contributed by atoms with Crippen LogP contribution in [0, 0.1) is 11.8 Å². The van der Waals surface area contributed by atoms with E-state index in [4.69, 9.17) is 17.3 Å². The first kappa shape index (κ1) is 13.8. The fourth-order valence-corrected chi connectivity index (χ4v) is 4.11. The third-order valence-electron chi connectivity index (χ3n) is 3.55. The van der Waals surface area contributed by atoms with Gasteiger partial charge in [-0.05, 0) is 47.3 Å². The van der Waals surface area contributed by atoms with Gasteiger partial charge in [0.25, 0.3) is 0 Å². The molecule has 2 rings (SSSR count). The Morgan fingerprint density at radius 3 is 2.76 bits per heavy atom. The van der Waals surface area contributed by atoms with Gasteiger partial charge in [0.15, 0.2) is 0 Å². The summed E-state index contributed by atoms with van der Waals surface area (Å²) in [4.78, 5) is 3.61. The molecule has 1 aromatic heterocycles. The Labute approximate surface area is 120 Å². The minimum atomic E-state index is 0.289. The fraction of sp³-hybridized carbons (Fsp3) is 0.667. The normalized spacial score (nSPS) is 25.3. The molecule has 0 aromatic carbocycles. The van der Waals surface area contributed by atoms with Crippen molar-refractivity contribution >= 4 is 38.9 Å². The molecule has 0 spiro atoms. The number of rotatable bonds is 5. The van der Waals surface area contributed by atoms with Gasteiger partial charge >= 0.3 is 0 Å². The molecule has 0 radical (unpaired) electrons. The topological polar surface area (TPSA) is 29.3 Å². The summed E-state index contributed by atoms with van der Waals surface area (Å²) < 4.78 is 1.79. The quantitative estimate of drug-likeness (QED) is 0.886. The van der Waals surface area contributed by atoms with E-state index in [0.717, 1.165) is 27.2 Å². The molecule has 1 aromatic rings. The standard InChI is InChI=1S/C12H18BrClN2S/c1-7-3-8(7)6-16(2)10(5-15)11-4-9(13)12(14)17-11/h4,7-8,10H,3,5-6,15H2,1-2H3. The van der Waals surface area contributed by atoms with Crippen LogP contribution in [0.25, 0.3) is 0 Å². The van der Waals surface area contributed by atoms with Crippen LogP contribution in [0.3, 0.4) is 0 Å². The second kappa shape index (κ2) is 5.57. The van der Waals surface area contributed by atoms with E-state index in [-0.39, 0.29) is 6.04 Å². The van der Waals surface area contributed by atoms with Crippen LogP contribution >= 0.6 is 38.9 Å². The molecule has 5 heteroatoms. The van der Waals surface area contributed by atoms with Crippen molar-refractivity contribution in [3.05, 3.63) is 19.8 Å². The number of thiophene rings is 1. The zero-order valence-corrected chi connectivity index (χ0v) is 13.3. The van der Waals surface area contributed by atoms with Gasteiger partial charge in [0.2, 0.25) is 0 Å². The van der Waals surface area contributed by atoms with E-state index in [1.807, 2.05) is 0 Å². The molecule has 0 amide bonds. The Bertz CT molecular complexity index is 376. The number of hydrogen-bond donors (Lipinski definition) is 1. The summed E-state index contributed by atoms with van der Waals surface area (Å²) in [5.74, 6) is 1.74. The molecule has 1 saturated carbocycles. The molecule has 2 nitrogen and oxygen atoms in total. The van der Waals surface area contributed by atoms with Crippen molar-refractivity contribution in [1.29, 1.82) is 0 Å². The molecular weight excluding hydrogens is 320 g/mol. The SMILES string of the molecule is CC1CC1CN(C)C(CN)c1cc(Br)c(Cl)s1. The second-order valence-electron chi connectivity index (χ2n) is 4.93. The van der Waals surface area contributed by atoms with E-state index in [2.05, 4.69) is 40.9 Å². The van der Waals surface area contributed by atoms with Crippen molar-refractivity contribution in [3.63, 3.8) is 0 Å². The first-order chi connectivity index (χ1) is 8.02. The van der Waals surface area contributed by atoms with E-state index in [0.29, 0.717) is 6.54 Å². The molecule has 0 saturated heterocycles. The summed E-state index contributed by atoms with van der Waals surface area (Å²) >= 11 is 11.2. The van der Waals surface area contributed by atoms with E-state index < -0.39 is 0 Å². The molecule has 17 heavy (non-hydrogen) atoms. The van der Waals surface area contributed by atoms with Gasteiger partial charge in [0.1, 0.15) is 4.34 Å². The number of nitrogens with zero attached hydrogens (tertiary/aromatic N) is 1. The molecule has 1 heterocycles. The lowest BCUT2D eigenvalue weighted by molar-refractivity contribution is 0.240. The number of halogens is 2. The number of hydrogen-bond acceptors (Lipinski definition) is 3. The monoisotopic (exact) mass is 336 g/mol. The third kappa shape index (κ3) is 3.24. The van der Waals surface area contributed by atoms with Crippen LogP contribution in [0.1, 0.15) is 24.3 Å². The van der Waals surface area contributed by atoms with E-state index in [1.54, 1.807) is 11.3 Å². The maximum atomic E-state index is 6.09. The molecule has 1 fully saturated rings. The van der Waals surface area contributed by atoms with Crippen molar-refractivity contribution < 1.29 is 0 Å². The zero-order valence-electron chi connectivity index (χ0n) is 10.1. The summed E-state index contributed by atoms with van der Waals surface area (Å²) in [5, 5.41) is 0. The highest BCUT2D eigenvalue weighted by molar-refractivity contribution is 9.10. The van der Waals surface area contributed by atoms with Crippen LogP contribution in [0.2, 0.25) is 4.34 Å². The fourth-order valence-electron chi connectivity index (χ4n) is 2.19. The molecule has 3 atom stereocenters. The van der Waals surface area contributed by atoms with Gasteiger partial charge in [-0.15, -0.1) is 11.3 Å². The average Bonchev–Trinajstić information content (AvgIpc) is 2.83. The van der Waals surface area contributed by atoms with Crippen molar-refractivity contribution in [2.45, 2.75) is 19.4 Å². The molecular formula is C12H18BrClN2S. The van der Waals surface area contributed by atoms with Crippen LogP contribution in [0.5, 0.6) is 0 Å². The van der Waals surface area contributed by atoms with Gasteiger partial charge in [-0.3, -0.25) is 4.90 Å². The molecule has 3 unspecified atom stereocenters. The molecule has 96 valence electrons. The highest BCUT2D eigenvalue weighted by atomic mass is 79.9. The lowest BCUT2D eigenvalue weighted by Gasteiger charge is -2.26. The summed E-state index contributed by atoms with van der Waals surface area (Å²) in [5.41, 5.74) is 5.90. The van der Waals surface area contributed by atoms with Crippen LogP contribution in [-0.2, 0) is 0 Å². The summed E-state index contributed by atoms with van der Waals surface area (Å²) in [7, 11) is 2.16. The van der Waals surface area contributed by atoms with Gasteiger partial charge in [0, 0.05) is 22.4 Å². The number of nitrogens with two attached hydrogens (primary N) is 1.